The first-order valence-corrected chi connectivity index (χ1v) is 10.6. The fraction of sp³-hybridized carbons (Fsp3) is 0.412. The Labute approximate surface area is 158 Å². The number of aryl methyl sites for hydroxylation is 1. The van der Waals surface area contributed by atoms with E-state index in [-0.39, 0.29) is 17.5 Å². The first kappa shape index (κ1) is 20.2. The summed E-state index contributed by atoms with van der Waals surface area (Å²) in [4.78, 5) is 1.07. The number of nitrogens with one attached hydrogen (secondary N) is 1. The molecule has 1 heterocycles. The Balaban J connectivity index is 2.09. The fourth-order valence-corrected chi connectivity index (χ4v) is 4.49. The highest BCUT2D eigenvalue weighted by Gasteiger charge is 2.20. The Morgan fingerprint density at radius 2 is 2.04 bits per heavy atom. The highest BCUT2D eigenvalue weighted by molar-refractivity contribution is 7.89. The number of methoxy groups -OCH3 is 1. The minimum absolute atomic E-state index is 0.128. The summed E-state index contributed by atoms with van der Waals surface area (Å²) in [7, 11) is -2.10. The zero-order valence-electron chi connectivity index (χ0n) is 14.4. The van der Waals surface area contributed by atoms with E-state index >= 15 is 0 Å². The quantitative estimate of drug-likeness (QED) is 0.682. The van der Waals surface area contributed by atoms with Gasteiger partial charge in [0.25, 0.3) is 0 Å². The van der Waals surface area contributed by atoms with Gasteiger partial charge in [-0.2, -0.15) is 0 Å². The van der Waals surface area contributed by atoms with Crippen molar-refractivity contribution in [1.82, 2.24) is 4.72 Å². The largest absolute Gasteiger partial charge is 0.493 e. The number of halogens is 1. The summed E-state index contributed by atoms with van der Waals surface area (Å²) in [5.74, 6) is 0.698. The topological polar surface area (TPSA) is 64.6 Å². The van der Waals surface area contributed by atoms with Crippen LogP contribution in [0, 0.1) is 6.92 Å². The van der Waals surface area contributed by atoms with Crippen molar-refractivity contribution in [2.24, 2.45) is 0 Å². The van der Waals surface area contributed by atoms with Crippen LogP contribution in [0.1, 0.15) is 29.9 Å². The highest BCUT2D eigenvalue weighted by Crippen LogP contribution is 2.29. The smallest absolute Gasteiger partial charge is 0.240 e. The number of benzene rings is 1. The number of hydrogen-bond donors (Lipinski definition) is 1. The first-order chi connectivity index (χ1) is 11.9. The van der Waals surface area contributed by atoms with Gasteiger partial charge in [-0.15, -0.1) is 11.3 Å². The van der Waals surface area contributed by atoms with E-state index < -0.39 is 10.0 Å². The third kappa shape index (κ3) is 5.43. The normalized spacial score (nSPS) is 13.0. The summed E-state index contributed by atoms with van der Waals surface area (Å²) in [6.07, 6.45) is 0.507. The van der Waals surface area contributed by atoms with E-state index in [4.69, 9.17) is 21.1 Å². The number of ether oxygens (including phenoxy) is 2. The van der Waals surface area contributed by atoms with Gasteiger partial charge in [-0.1, -0.05) is 18.5 Å². The van der Waals surface area contributed by atoms with Gasteiger partial charge in [0.1, 0.15) is 11.9 Å². The van der Waals surface area contributed by atoms with E-state index in [9.17, 15) is 8.42 Å². The minimum Gasteiger partial charge on any atom is -0.493 e. The maximum absolute atomic E-state index is 12.5. The molecule has 8 heteroatoms. The second-order valence-electron chi connectivity index (χ2n) is 5.49. The molecule has 2 aromatic rings. The third-order valence-electron chi connectivity index (χ3n) is 3.57. The van der Waals surface area contributed by atoms with Gasteiger partial charge in [-0.05, 0) is 49.2 Å². The summed E-state index contributed by atoms with van der Waals surface area (Å²) in [5.41, 5.74) is 0.782. The fourth-order valence-electron chi connectivity index (χ4n) is 2.23. The standard InChI is InChI=1S/C17H22ClNO4S2/c1-4-9-23-14-6-5-13(10-12(14)2)25(20,21)19-11-15(22-3)16-7-8-17(18)24-16/h5-8,10,15,19H,4,9,11H2,1-3H3. The van der Waals surface area contributed by atoms with Crippen LogP contribution in [0.2, 0.25) is 4.34 Å². The molecule has 25 heavy (non-hydrogen) atoms. The number of rotatable bonds is 9. The molecule has 0 saturated carbocycles. The Morgan fingerprint density at radius 1 is 1.28 bits per heavy atom. The van der Waals surface area contributed by atoms with Crippen LogP contribution in [0.25, 0.3) is 0 Å². The monoisotopic (exact) mass is 403 g/mol. The van der Waals surface area contributed by atoms with Crippen LogP contribution in [0.15, 0.2) is 35.2 Å². The molecule has 0 aliphatic heterocycles. The Kier molecular flexibility index (Phi) is 7.27. The molecule has 0 aliphatic rings. The van der Waals surface area contributed by atoms with Crippen LogP contribution < -0.4 is 9.46 Å². The Morgan fingerprint density at radius 3 is 2.60 bits per heavy atom. The molecule has 1 aromatic heterocycles. The molecular weight excluding hydrogens is 382 g/mol. The molecule has 0 fully saturated rings. The van der Waals surface area contributed by atoms with Crippen LogP contribution in [0.3, 0.4) is 0 Å². The predicted molar refractivity (Wildman–Crippen MR) is 101 cm³/mol. The molecule has 0 radical (unpaired) electrons. The summed E-state index contributed by atoms with van der Waals surface area (Å²) in [6, 6.07) is 8.44. The SMILES string of the molecule is CCCOc1ccc(S(=O)(=O)NCC(OC)c2ccc(Cl)s2)cc1C. The lowest BCUT2D eigenvalue weighted by molar-refractivity contribution is 0.110. The van der Waals surface area contributed by atoms with Crippen molar-refractivity contribution >= 4 is 33.0 Å². The van der Waals surface area contributed by atoms with E-state index in [2.05, 4.69) is 4.72 Å². The molecule has 2 rings (SSSR count). The van der Waals surface area contributed by atoms with Crippen LogP contribution in [-0.2, 0) is 14.8 Å². The lowest BCUT2D eigenvalue weighted by Gasteiger charge is -2.15. The second kappa shape index (κ2) is 9.00. The molecule has 0 spiro atoms. The molecule has 5 nitrogen and oxygen atoms in total. The van der Waals surface area contributed by atoms with E-state index in [1.165, 1.54) is 18.4 Å². The van der Waals surface area contributed by atoms with Gasteiger partial charge >= 0.3 is 0 Å². The maximum atomic E-state index is 12.5. The minimum atomic E-state index is -3.64. The molecule has 0 aliphatic carbocycles. The molecule has 138 valence electrons. The van der Waals surface area contributed by atoms with Crippen LogP contribution in [0.4, 0.5) is 0 Å². The zero-order chi connectivity index (χ0) is 18.4. The summed E-state index contributed by atoms with van der Waals surface area (Å²) in [6.45, 7) is 4.58. The van der Waals surface area contributed by atoms with Gasteiger partial charge < -0.3 is 9.47 Å². The predicted octanol–water partition coefficient (Wildman–Crippen LogP) is 4.16. The summed E-state index contributed by atoms with van der Waals surface area (Å²) in [5, 5.41) is 0. The average Bonchev–Trinajstić information content (AvgIpc) is 3.00. The Bertz CT molecular complexity index is 805. The average molecular weight is 404 g/mol. The van der Waals surface area contributed by atoms with Crippen LogP contribution in [-0.4, -0.2) is 28.7 Å². The van der Waals surface area contributed by atoms with Gasteiger partial charge in [0.2, 0.25) is 10.0 Å². The maximum Gasteiger partial charge on any atom is 0.240 e. The molecule has 0 bridgehead atoms. The summed E-state index contributed by atoms with van der Waals surface area (Å²) < 4.78 is 39.3. The van der Waals surface area contributed by atoms with E-state index in [0.29, 0.717) is 16.7 Å². The van der Waals surface area contributed by atoms with Crippen LogP contribution in [0.5, 0.6) is 5.75 Å². The van der Waals surface area contributed by atoms with Gasteiger partial charge in [0, 0.05) is 18.5 Å². The second-order valence-corrected chi connectivity index (χ2v) is 9.01. The van der Waals surface area contributed by atoms with Gasteiger partial charge in [-0.25, -0.2) is 13.1 Å². The van der Waals surface area contributed by atoms with Crippen molar-refractivity contribution in [3.05, 3.63) is 45.1 Å². The first-order valence-electron chi connectivity index (χ1n) is 7.88. The van der Waals surface area contributed by atoms with Crippen molar-refractivity contribution in [1.29, 1.82) is 0 Å². The van der Waals surface area contributed by atoms with Gasteiger partial charge in [0.05, 0.1) is 15.8 Å². The van der Waals surface area contributed by atoms with Gasteiger partial charge in [-0.3, -0.25) is 0 Å². The summed E-state index contributed by atoms with van der Waals surface area (Å²) >= 11 is 7.30. The molecule has 1 N–H and O–H groups in total. The van der Waals surface area contributed by atoms with Crippen molar-refractivity contribution in [3.8, 4) is 5.75 Å². The molecule has 0 saturated heterocycles. The number of thiophene rings is 1. The van der Waals surface area contributed by atoms with Gasteiger partial charge in [0.15, 0.2) is 0 Å². The number of hydrogen-bond acceptors (Lipinski definition) is 5. The lowest BCUT2D eigenvalue weighted by atomic mass is 10.2. The molecular formula is C17H22ClNO4S2. The molecule has 1 unspecified atom stereocenters. The third-order valence-corrected chi connectivity index (χ3v) is 6.32. The Hall–Kier alpha value is -1.12. The van der Waals surface area contributed by atoms with Crippen LogP contribution >= 0.6 is 22.9 Å². The van der Waals surface area contributed by atoms with E-state index in [1.54, 1.807) is 24.3 Å². The van der Waals surface area contributed by atoms with E-state index in [0.717, 1.165) is 16.9 Å². The lowest BCUT2D eigenvalue weighted by Crippen LogP contribution is -2.29. The van der Waals surface area contributed by atoms with Crippen molar-refractivity contribution in [3.63, 3.8) is 0 Å². The number of sulfonamides is 1. The molecule has 0 amide bonds. The van der Waals surface area contributed by atoms with Crippen molar-refractivity contribution in [2.75, 3.05) is 20.3 Å². The highest BCUT2D eigenvalue weighted by atomic mass is 35.5. The molecule has 1 atom stereocenters. The zero-order valence-corrected chi connectivity index (χ0v) is 16.8. The molecule has 1 aromatic carbocycles. The van der Waals surface area contributed by atoms with E-state index in [1.807, 2.05) is 19.9 Å². The van der Waals surface area contributed by atoms with Crippen molar-refractivity contribution < 1.29 is 17.9 Å². The van der Waals surface area contributed by atoms with Crippen molar-refractivity contribution in [2.45, 2.75) is 31.3 Å².